The molecule has 0 atom stereocenters. The Morgan fingerprint density at radius 2 is 1.86 bits per heavy atom. The van der Waals surface area contributed by atoms with E-state index in [4.69, 9.17) is 9.47 Å². The molecule has 5 heteroatoms. The van der Waals surface area contributed by atoms with Crippen molar-refractivity contribution in [3.63, 3.8) is 0 Å². The topological polar surface area (TPSA) is 52.6 Å². The van der Waals surface area contributed by atoms with Crippen molar-refractivity contribution in [2.45, 2.75) is 33.8 Å². The molecule has 2 aromatic rings. The van der Waals surface area contributed by atoms with Crippen LogP contribution in [0.25, 0.3) is 10.8 Å². The summed E-state index contributed by atoms with van der Waals surface area (Å²) in [6.45, 7) is 4.60. The van der Waals surface area contributed by atoms with E-state index in [-0.39, 0.29) is 6.61 Å². The van der Waals surface area contributed by atoms with Gasteiger partial charge in [-0.3, -0.25) is 9.59 Å². The molecule has 0 aliphatic heterocycles. The smallest absolute Gasteiger partial charge is 0.308 e. The summed E-state index contributed by atoms with van der Waals surface area (Å²) in [5, 5.41) is 1.25. The van der Waals surface area contributed by atoms with Gasteiger partial charge in [0.2, 0.25) is 0 Å². The number of hydrogen-bond acceptors (Lipinski definition) is 4. The highest BCUT2D eigenvalue weighted by molar-refractivity contribution is 5.92. The van der Waals surface area contributed by atoms with Crippen LogP contribution in [-0.4, -0.2) is 11.9 Å². The van der Waals surface area contributed by atoms with E-state index >= 15 is 0 Å². The zero-order valence-corrected chi connectivity index (χ0v) is 12.7. The van der Waals surface area contributed by atoms with Crippen LogP contribution in [-0.2, 0) is 27.4 Å². The molecule has 0 fully saturated rings. The summed E-state index contributed by atoms with van der Waals surface area (Å²) in [6, 6.07) is 6.10. The van der Waals surface area contributed by atoms with Crippen LogP contribution in [0.5, 0.6) is 5.75 Å². The van der Waals surface area contributed by atoms with Gasteiger partial charge in [0, 0.05) is 24.8 Å². The van der Waals surface area contributed by atoms with Crippen LogP contribution in [0.4, 0.5) is 4.39 Å². The van der Waals surface area contributed by atoms with Gasteiger partial charge < -0.3 is 9.47 Å². The lowest BCUT2D eigenvalue weighted by atomic mass is 9.97. The number of carbonyl (C=O) groups is 2. The maximum absolute atomic E-state index is 13.5. The number of rotatable bonds is 4. The van der Waals surface area contributed by atoms with Crippen molar-refractivity contribution in [3.05, 3.63) is 41.2 Å². The third-order valence-electron chi connectivity index (χ3n) is 3.28. The summed E-state index contributed by atoms with van der Waals surface area (Å²) in [6.07, 6.45) is 0.561. The molecule has 0 aliphatic rings. The van der Waals surface area contributed by atoms with Crippen molar-refractivity contribution in [3.8, 4) is 5.75 Å². The van der Waals surface area contributed by atoms with Gasteiger partial charge in [-0.05, 0) is 35.6 Å². The molecule has 0 aromatic heterocycles. The first-order valence-electron chi connectivity index (χ1n) is 6.98. The second-order valence-corrected chi connectivity index (χ2v) is 4.94. The highest BCUT2D eigenvalue weighted by atomic mass is 19.1. The highest BCUT2D eigenvalue weighted by Gasteiger charge is 2.16. The molecule has 0 radical (unpaired) electrons. The minimum Gasteiger partial charge on any atom is -0.461 e. The third kappa shape index (κ3) is 3.42. The molecule has 0 unspecified atom stereocenters. The predicted molar refractivity (Wildman–Crippen MR) is 80.1 cm³/mol. The van der Waals surface area contributed by atoms with Crippen LogP contribution in [0.2, 0.25) is 0 Å². The lowest BCUT2D eigenvalue weighted by Gasteiger charge is -2.16. The fraction of sp³-hybridized carbons (Fsp3) is 0.294. The van der Waals surface area contributed by atoms with Gasteiger partial charge >= 0.3 is 11.9 Å². The molecule has 2 aromatic carbocycles. The third-order valence-corrected chi connectivity index (χ3v) is 3.28. The van der Waals surface area contributed by atoms with Gasteiger partial charge in [-0.25, -0.2) is 4.39 Å². The van der Waals surface area contributed by atoms with Crippen molar-refractivity contribution < 1.29 is 23.5 Å². The van der Waals surface area contributed by atoms with Gasteiger partial charge in [0.15, 0.2) is 0 Å². The van der Waals surface area contributed by atoms with E-state index in [1.807, 2.05) is 13.0 Å². The van der Waals surface area contributed by atoms with E-state index in [2.05, 4.69) is 0 Å². The maximum Gasteiger partial charge on any atom is 0.308 e. The number of esters is 2. The molecule has 0 heterocycles. The molecular formula is C17H17FO4. The zero-order chi connectivity index (χ0) is 16.3. The summed E-state index contributed by atoms with van der Waals surface area (Å²) in [5.41, 5.74) is 1.47. The lowest BCUT2D eigenvalue weighted by Crippen LogP contribution is -2.08. The standard InChI is InChI=1S/C17H17FO4/c1-4-15-13(9-21-10(2)19)7-12-5-6-14(18)8-16(12)17(15)22-11(3)20/h5-8H,4,9H2,1-3H3. The van der Waals surface area contributed by atoms with Crippen molar-refractivity contribution in [1.82, 2.24) is 0 Å². The fourth-order valence-electron chi connectivity index (χ4n) is 2.39. The Labute approximate surface area is 127 Å². The Morgan fingerprint density at radius 1 is 1.14 bits per heavy atom. The van der Waals surface area contributed by atoms with Crippen LogP contribution in [0, 0.1) is 5.82 Å². The van der Waals surface area contributed by atoms with Gasteiger partial charge in [0.05, 0.1) is 0 Å². The summed E-state index contributed by atoms with van der Waals surface area (Å²) in [7, 11) is 0. The summed E-state index contributed by atoms with van der Waals surface area (Å²) < 4.78 is 23.9. The van der Waals surface area contributed by atoms with Crippen molar-refractivity contribution in [1.29, 1.82) is 0 Å². The quantitative estimate of drug-likeness (QED) is 0.640. The monoisotopic (exact) mass is 304 g/mol. The van der Waals surface area contributed by atoms with Crippen molar-refractivity contribution >= 4 is 22.7 Å². The summed E-state index contributed by atoms with van der Waals surface area (Å²) in [5.74, 6) is -0.954. The largest absolute Gasteiger partial charge is 0.461 e. The number of benzene rings is 2. The first-order valence-corrected chi connectivity index (χ1v) is 6.98. The molecule has 0 saturated carbocycles. The molecule has 0 aliphatic carbocycles. The number of halogens is 1. The first-order chi connectivity index (χ1) is 10.4. The SMILES string of the molecule is CCc1c(COC(C)=O)cc2ccc(F)cc2c1OC(C)=O. The van der Waals surface area contributed by atoms with Crippen LogP contribution in [0.1, 0.15) is 31.9 Å². The molecule has 0 spiro atoms. The number of fused-ring (bicyclic) bond motifs is 1. The summed E-state index contributed by atoms with van der Waals surface area (Å²) in [4.78, 5) is 22.4. The molecule has 116 valence electrons. The average Bonchev–Trinajstić information content (AvgIpc) is 2.45. The lowest BCUT2D eigenvalue weighted by molar-refractivity contribution is -0.142. The highest BCUT2D eigenvalue weighted by Crippen LogP contribution is 2.34. The second-order valence-electron chi connectivity index (χ2n) is 4.94. The number of ether oxygens (including phenoxy) is 2. The maximum atomic E-state index is 13.5. The van der Waals surface area contributed by atoms with E-state index in [1.54, 1.807) is 6.07 Å². The molecule has 0 N–H and O–H groups in total. The second kappa shape index (κ2) is 6.56. The Kier molecular flexibility index (Phi) is 4.75. The molecule has 0 bridgehead atoms. The molecule has 2 rings (SSSR count). The molecule has 22 heavy (non-hydrogen) atoms. The van der Waals surface area contributed by atoms with E-state index in [0.29, 0.717) is 17.6 Å². The number of hydrogen-bond donors (Lipinski definition) is 0. The Morgan fingerprint density at radius 3 is 2.45 bits per heavy atom. The van der Waals surface area contributed by atoms with Crippen LogP contribution < -0.4 is 4.74 Å². The van der Waals surface area contributed by atoms with Gasteiger partial charge in [-0.2, -0.15) is 0 Å². The molecular weight excluding hydrogens is 287 g/mol. The van der Waals surface area contributed by atoms with E-state index in [9.17, 15) is 14.0 Å². The van der Waals surface area contributed by atoms with Crippen LogP contribution in [0.3, 0.4) is 0 Å². The van der Waals surface area contributed by atoms with Crippen molar-refractivity contribution in [2.75, 3.05) is 0 Å². The Bertz CT molecular complexity index is 737. The zero-order valence-electron chi connectivity index (χ0n) is 12.7. The van der Waals surface area contributed by atoms with Crippen LogP contribution >= 0.6 is 0 Å². The summed E-state index contributed by atoms with van der Waals surface area (Å²) >= 11 is 0. The van der Waals surface area contributed by atoms with Gasteiger partial charge in [-0.1, -0.05) is 13.0 Å². The van der Waals surface area contributed by atoms with E-state index in [0.717, 1.165) is 16.5 Å². The fourth-order valence-corrected chi connectivity index (χ4v) is 2.39. The van der Waals surface area contributed by atoms with Crippen LogP contribution in [0.15, 0.2) is 24.3 Å². The number of carbonyl (C=O) groups excluding carboxylic acids is 2. The minimum absolute atomic E-state index is 0.0834. The minimum atomic E-state index is -0.482. The molecule has 4 nitrogen and oxygen atoms in total. The van der Waals surface area contributed by atoms with Gasteiger partial charge in [0.25, 0.3) is 0 Å². The van der Waals surface area contributed by atoms with E-state index in [1.165, 1.54) is 26.0 Å². The average molecular weight is 304 g/mol. The van der Waals surface area contributed by atoms with Gasteiger partial charge in [0.1, 0.15) is 18.2 Å². The van der Waals surface area contributed by atoms with Crippen molar-refractivity contribution in [2.24, 2.45) is 0 Å². The Balaban J connectivity index is 2.67. The normalized spacial score (nSPS) is 10.5. The van der Waals surface area contributed by atoms with Gasteiger partial charge in [-0.15, -0.1) is 0 Å². The Hall–Kier alpha value is -2.43. The van der Waals surface area contributed by atoms with E-state index < -0.39 is 17.8 Å². The molecule has 0 amide bonds. The molecule has 0 saturated heterocycles. The predicted octanol–water partition coefficient (Wildman–Crippen LogP) is 3.53. The first kappa shape index (κ1) is 15.9.